The Balaban J connectivity index is 1.44. The highest BCUT2D eigenvalue weighted by Gasteiger charge is 2.40. The van der Waals surface area contributed by atoms with Crippen LogP contribution in [-0.4, -0.2) is 43.3 Å². The van der Waals surface area contributed by atoms with Gasteiger partial charge in [-0.15, -0.1) is 0 Å². The lowest BCUT2D eigenvalue weighted by Crippen LogP contribution is -2.61. The summed E-state index contributed by atoms with van der Waals surface area (Å²) in [4.78, 5) is 2.38. The zero-order valence-corrected chi connectivity index (χ0v) is 15.1. The first kappa shape index (κ1) is 17.0. The van der Waals surface area contributed by atoms with Crippen LogP contribution in [0, 0.1) is 5.82 Å². The highest BCUT2D eigenvalue weighted by molar-refractivity contribution is 7.89. The number of rotatable bonds is 3. The molecule has 0 aliphatic carbocycles. The van der Waals surface area contributed by atoms with Gasteiger partial charge in [-0.25, -0.2) is 12.8 Å². The summed E-state index contributed by atoms with van der Waals surface area (Å²) >= 11 is 5.72. The monoisotopic (exact) mass is 380 g/mol. The highest BCUT2D eigenvalue weighted by Crippen LogP contribution is 2.29. The molecule has 0 N–H and O–H groups in total. The SMILES string of the molecule is O=S(=O)(c1ccc(F)c(Cl)c1)N1CC(N2CCc3ccccc3C2)C1. The Labute approximate surface area is 151 Å². The summed E-state index contributed by atoms with van der Waals surface area (Å²) < 4.78 is 40.0. The Kier molecular flexibility index (Phi) is 4.32. The van der Waals surface area contributed by atoms with Crippen LogP contribution in [0.4, 0.5) is 4.39 Å². The fourth-order valence-corrected chi connectivity index (χ4v) is 5.25. The number of halogens is 2. The Morgan fingerprint density at radius 3 is 2.52 bits per heavy atom. The third-order valence-electron chi connectivity index (χ3n) is 5.03. The second-order valence-corrected chi connectivity index (χ2v) is 8.89. The third-order valence-corrected chi connectivity index (χ3v) is 7.15. The molecular weight excluding hydrogens is 363 g/mol. The molecule has 1 saturated heterocycles. The Hall–Kier alpha value is -1.47. The van der Waals surface area contributed by atoms with Crippen LogP contribution in [-0.2, 0) is 23.0 Å². The lowest BCUT2D eigenvalue weighted by atomic mass is 9.97. The zero-order chi connectivity index (χ0) is 17.6. The van der Waals surface area contributed by atoms with Gasteiger partial charge in [0.2, 0.25) is 10.0 Å². The van der Waals surface area contributed by atoms with Gasteiger partial charge in [0.15, 0.2) is 0 Å². The summed E-state index contributed by atoms with van der Waals surface area (Å²) in [7, 11) is -3.62. The minimum absolute atomic E-state index is 0.0429. The second-order valence-electron chi connectivity index (χ2n) is 6.54. The summed E-state index contributed by atoms with van der Waals surface area (Å²) in [6, 6.07) is 12.1. The van der Waals surface area contributed by atoms with Crippen molar-refractivity contribution >= 4 is 21.6 Å². The molecule has 4 nitrogen and oxygen atoms in total. The molecule has 0 aromatic heterocycles. The number of hydrogen-bond acceptors (Lipinski definition) is 3. The molecule has 2 aromatic carbocycles. The molecule has 0 spiro atoms. The van der Waals surface area contributed by atoms with E-state index < -0.39 is 15.8 Å². The Morgan fingerprint density at radius 1 is 1.08 bits per heavy atom. The fourth-order valence-electron chi connectivity index (χ4n) is 3.46. The lowest BCUT2D eigenvalue weighted by molar-refractivity contribution is 0.0769. The first-order valence-corrected chi connectivity index (χ1v) is 10.0. The second kappa shape index (κ2) is 6.36. The summed E-state index contributed by atoms with van der Waals surface area (Å²) in [6.07, 6.45) is 0.993. The van der Waals surface area contributed by atoms with Gasteiger partial charge < -0.3 is 0 Å². The molecule has 2 aliphatic heterocycles. The number of nitrogens with zero attached hydrogens (tertiary/aromatic N) is 2. The van der Waals surface area contributed by atoms with Crippen LogP contribution >= 0.6 is 11.6 Å². The molecule has 25 heavy (non-hydrogen) atoms. The molecule has 4 rings (SSSR count). The topological polar surface area (TPSA) is 40.6 Å². The van der Waals surface area contributed by atoms with E-state index in [1.807, 2.05) is 6.07 Å². The maximum absolute atomic E-state index is 13.3. The molecule has 2 aliphatic rings. The average molecular weight is 381 g/mol. The predicted octanol–water partition coefficient (Wildman–Crippen LogP) is 2.91. The van der Waals surface area contributed by atoms with Crippen molar-refractivity contribution in [1.82, 2.24) is 9.21 Å². The van der Waals surface area contributed by atoms with Gasteiger partial charge >= 0.3 is 0 Å². The zero-order valence-electron chi connectivity index (χ0n) is 13.5. The average Bonchev–Trinajstić information content (AvgIpc) is 2.55. The van der Waals surface area contributed by atoms with Gasteiger partial charge in [-0.05, 0) is 35.7 Å². The standard InChI is InChI=1S/C18H18ClFN2O2S/c19-17-9-16(5-6-18(17)20)25(23,24)22-11-15(12-22)21-8-7-13-3-1-2-4-14(13)10-21/h1-6,9,15H,7-8,10-12H2. The molecule has 0 amide bonds. The van der Waals surface area contributed by atoms with Gasteiger partial charge in [0.25, 0.3) is 0 Å². The first-order chi connectivity index (χ1) is 11.9. The maximum Gasteiger partial charge on any atom is 0.243 e. The molecule has 0 saturated carbocycles. The fraction of sp³-hybridized carbons (Fsp3) is 0.333. The van der Waals surface area contributed by atoms with E-state index in [2.05, 4.69) is 23.1 Å². The van der Waals surface area contributed by atoms with E-state index in [9.17, 15) is 12.8 Å². The smallest absolute Gasteiger partial charge is 0.243 e. The van der Waals surface area contributed by atoms with Gasteiger partial charge in [-0.1, -0.05) is 35.9 Å². The normalized spacial score (nSPS) is 19.4. The van der Waals surface area contributed by atoms with Crippen molar-refractivity contribution < 1.29 is 12.8 Å². The molecule has 0 radical (unpaired) electrons. The Morgan fingerprint density at radius 2 is 1.80 bits per heavy atom. The van der Waals surface area contributed by atoms with E-state index in [0.717, 1.165) is 25.6 Å². The lowest BCUT2D eigenvalue weighted by Gasteiger charge is -2.46. The highest BCUT2D eigenvalue weighted by atomic mass is 35.5. The maximum atomic E-state index is 13.3. The molecule has 0 bridgehead atoms. The van der Waals surface area contributed by atoms with Crippen LogP contribution in [0.3, 0.4) is 0 Å². The summed E-state index contributed by atoms with van der Waals surface area (Å²) in [5, 5.41) is -0.175. The van der Waals surface area contributed by atoms with Crippen LogP contribution in [0.1, 0.15) is 11.1 Å². The van der Waals surface area contributed by atoms with Gasteiger partial charge in [0, 0.05) is 32.2 Å². The van der Waals surface area contributed by atoms with Crippen molar-refractivity contribution in [1.29, 1.82) is 0 Å². The summed E-state index contributed by atoms with van der Waals surface area (Å²) in [6.45, 7) is 2.72. The van der Waals surface area contributed by atoms with Crippen molar-refractivity contribution in [3.05, 3.63) is 64.4 Å². The minimum Gasteiger partial charge on any atom is -0.293 e. The number of fused-ring (bicyclic) bond motifs is 1. The molecule has 2 aromatic rings. The molecule has 2 heterocycles. The van der Waals surface area contributed by atoms with Gasteiger partial charge in [-0.2, -0.15) is 4.31 Å². The quantitative estimate of drug-likeness (QED) is 0.822. The van der Waals surface area contributed by atoms with E-state index in [0.29, 0.717) is 13.1 Å². The minimum atomic E-state index is -3.62. The molecule has 132 valence electrons. The van der Waals surface area contributed by atoms with Crippen molar-refractivity contribution in [3.8, 4) is 0 Å². The van der Waals surface area contributed by atoms with Crippen LogP contribution < -0.4 is 0 Å². The van der Waals surface area contributed by atoms with Crippen molar-refractivity contribution in [2.75, 3.05) is 19.6 Å². The number of sulfonamides is 1. The van der Waals surface area contributed by atoms with E-state index >= 15 is 0 Å². The van der Waals surface area contributed by atoms with Crippen LogP contribution in [0.15, 0.2) is 47.4 Å². The number of hydrogen-bond donors (Lipinski definition) is 0. The number of benzene rings is 2. The van der Waals surface area contributed by atoms with E-state index in [1.165, 1.54) is 27.6 Å². The van der Waals surface area contributed by atoms with E-state index in [4.69, 9.17) is 11.6 Å². The largest absolute Gasteiger partial charge is 0.293 e. The first-order valence-electron chi connectivity index (χ1n) is 8.21. The predicted molar refractivity (Wildman–Crippen MR) is 94.5 cm³/mol. The summed E-state index contributed by atoms with van der Waals surface area (Å²) in [5.74, 6) is -0.617. The van der Waals surface area contributed by atoms with Gasteiger partial charge in [-0.3, -0.25) is 4.90 Å². The molecular formula is C18H18ClFN2O2S. The van der Waals surface area contributed by atoms with Crippen molar-refractivity contribution in [3.63, 3.8) is 0 Å². The Bertz CT molecular complexity index is 913. The van der Waals surface area contributed by atoms with E-state index in [-0.39, 0.29) is 16.0 Å². The van der Waals surface area contributed by atoms with Crippen molar-refractivity contribution in [2.45, 2.75) is 23.9 Å². The van der Waals surface area contributed by atoms with Crippen LogP contribution in [0.2, 0.25) is 5.02 Å². The van der Waals surface area contributed by atoms with Gasteiger partial charge in [0.1, 0.15) is 5.82 Å². The molecule has 0 unspecified atom stereocenters. The van der Waals surface area contributed by atoms with Crippen LogP contribution in [0.5, 0.6) is 0 Å². The van der Waals surface area contributed by atoms with Gasteiger partial charge in [0.05, 0.1) is 9.92 Å². The van der Waals surface area contributed by atoms with E-state index in [1.54, 1.807) is 0 Å². The van der Waals surface area contributed by atoms with Crippen LogP contribution in [0.25, 0.3) is 0 Å². The molecule has 1 fully saturated rings. The third kappa shape index (κ3) is 3.08. The molecule has 7 heteroatoms. The molecule has 0 atom stereocenters. The summed E-state index contributed by atoms with van der Waals surface area (Å²) in [5.41, 5.74) is 2.70. The van der Waals surface area contributed by atoms with Crippen molar-refractivity contribution in [2.24, 2.45) is 0 Å².